The Balaban J connectivity index is 3.06. The van der Waals surface area contributed by atoms with Crippen molar-refractivity contribution in [1.29, 1.82) is 5.26 Å². The molecule has 1 aromatic rings. The fourth-order valence-corrected chi connectivity index (χ4v) is 1.31. The smallest absolute Gasteiger partial charge is 0.181 e. The molecule has 4 heteroatoms. The van der Waals surface area contributed by atoms with Gasteiger partial charge < -0.3 is 14.6 Å². The molecule has 0 spiro atoms. The molecule has 0 aliphatic heterocycles. The van der Waals surface area contributed by atoms with Crippen LogP contribution < -0.4 is 9.47 Å². The molecule has 0 aromatic heterocycles. The first kappa shape index (κ1) is 12.3. The van der Waals surface area contributed by atoms with Crippen molar-refractivity contribution in [3.8, 4) is 17.6 Å². The number of aliphatic hydroxyl groups is 1. The zero-order chi connectivity index (χ0) is 12.1. The average Bonchev–Trinajstić information content (AvgIpc) is 2.28. The van der Waals surface area contributed by atoms with Gasteiger partial charge in [0.05, 0.1) is 13.2 Å². The molecule has 0 saturated heterocycles. The van der Waals surface area contributed by atoms with Gasteiger partial charge in [-0.3, -0.25) is 0 Å². The SMILES string of the molecule is COc1ccc([C@H](C)O)c(OC(C)C#N)c1. The summed E-state index contributed by atoms with van der Waals surface area (Å²) in [6.45, 7) is 3.29. The summed E-state index contributed by atoms with van der Waals surface area (Å²) in [5, 5.41) is 18.2. The van der Waals surface area contributed by atoms with E-state index in [1.54, 1.807) is 39.2 Å². The molecule has 0 radical (unpaired) electrons. The minimum atomic E-state index is -0.646. The van der Waals surface area contributed by atoms with Crippen LogP contribution >= 0.6 is 0 Å². The summed E-state index contributed by atoms with van der Waals surface area (Å²) >= 11 is 0. The van der Waals surface area contributed by atoms with Crippen LogP contribution in [0, 0.1) is 11.3 Å². The van der Waals surface area contributed by atoms with Gasteiger partial charge in [-0.15, -0.1) is 0 Å². The highest BCUT2D eigenvalue weighted by atomic mass is 16.5. The number of hydrogen-bond acceptors (Lipinski definition) is 4. The summed E-state index contributed by atoms with van der Waals surface area (Å²) in [7, 11) is 1.55. The third kappa shape index (κ3) is 2.88. The number of nitriles is 1. The van der Waals surface area contributed by atoms with E-state index in [4.69, 9.17) is 14.7 Å². The highest BCUT2D eigenvalue weighted by molar-refractivity contribution is 5.42. The Morgan fingerprint density at radius 1 is 1.38 bits per heavy atom. The molecule has 1 rings (SSSR count). The van der Waals surface area contributed by atoms with Crippen LogP contribution in [0.4, 0.5) is 0 Å². The molecular weight excluding hydrogens is 206 g/mol. The lowest BCUT2D eigenvalue weighted by atomic mass is 10.1. The molecule has 0 bridgehead atoms. The molecule has 0 amide bonds. The topological polar surface area (TPSA) is 62.5 Å². The van der Waals surface area contributed by atoms with Crippen molar-refractivity contribution in [2.45, 2.75) is 26.1 Å². The lowest BCUT2D eigenvalue weighted by Crippen LogP contribution is -2.10. The van der Waals surface area contributed by atoms with Crippen LogP contribution in [0.25, 0.3) is 0 Å². The second-order valence-electron chi connectivity index (χ2n) is 3.47. The maximum Gasteiger partial charge on any atom is 0.181 e. The molecule has 86 valence electrons. The van der Waals surface area contributed by atoms with Crippen molar-refractivity contribution in [1.82, 2.24) is 0 Å². The standard InChI is InChI=1S/C12H15NO3/c1-8(7-13)16-12-6-10(15-3)4-5-11(12)9(2)14/h4-6,8-9,14H,1-3H3/t8?,9-/m0/s1. The van der Waals surface area contributed by atoms with Crippen molar-refractivity contribution >= 4 is 0 Å². The van der Waals surface area contributed by atoms with E-state index in [2.05, 4.69) is 0 Å². The molecular formula is C12H15NO3. The Bertz CT molecular complexity index is 396. The van der Waals surface area contributed by atoms with Gasteiger partial charge in [0, 0.05) is 11.6 Å². The number of rotatable bonds is 4. The van der Waals surface area contributed by atoms with E-state index in [0.29, 0.717) is 17.1 Å². The molecule has 1 N–H and O–H groups in total. The second kappa shape index (κ2) is 5.38. The Kier molecular flexibility index (Phi) is 4.15. The van der Waals surface area contributed by atoms with Crippen LogP contribution in [-0.2, 0) is 0 Å². The zero-order valence-corrected chi connectivity index (χ0v) is 9.60. The highest BCUT2D eigenvalue weighted by Gasteiger charge is 2.12. The average molecular weight is 221 g/mol. The van der Waals surface area contributed by atoms with Crippen LogP contribution in [0.5, 0.6) is 11.5 Å². The third-order valence-electron chi connectivity index (χ3n) is 2.16. The Labute approximate surface area is 95.0 Å². The normalized spacial score (nSPS) is 13.7. The van der Waals surface area contributed by atoms with Crippen LogP contribution in [0.2, 0.25) is 0 Å². The van der Waals surface area contributed by atoms with E-state index in [-0.39, 0.29) is 0 Å². The van der Waals surface area contributed by atoms with Gasteiger partial charge in [-0.25, -0.2) is 0 Å². The van der Waals surface area contributed by atoms with E-state index in [1.165, 1.54) is 0 Å². The van der Waals surface area contributed by atoms with Gasteiger partial charge in [0.15, 0.2) is 6.10 Å². The first-order chi connectivity index (χ1) is 7.58. The van der Waals surface area contributed by atoms with Crippen molar-refractivity contribution in [3.63, 3.8) is 0 Å². The molecule has 0 aliphatic rings. The maximum atomic E-state index is 9.55. The zero-order valence-electron chi connectivity index (χ0n) is 9.60. The summed E-state index contributed by atoms with van der Waals surface area (Å²) < 4.78 is 10.5. The van der Waals surface area contributed by atoms with Crippen LogP contribution in [0.15, 0.2) is 18.2 Å². The quantitative estimate of drug-likeness (QED) is 0.845. The maximum absolute atomic E-state index is 9.55. The molecule has 0 fully saturated rings. The van der Waals surface area contributed by atoms with Crippen molar-refractivity contribution in [3.05, 3.63) is 23.8 Å². The molecule has 4 nitrogen and oxygen atoms in total. The number of benzene rings is 1. The summed E-state index contributed by atoms with van der Waals surface area (Å²) in [5.41, 5.74) is 0.642. The number of ether oxygens (including phenoxy) is 2. The van der Waals surface area contributed by atoms with Crippen LogP contribution in [-0.4, -0.2) is 18.3 Å². The van der Waals surface area contributed by atoms with Gasteiger partial charge in [-0.2, -0.15) is 5.26 Å². The Hall–Kier alpha value is -1.73. The number of methoxy groups -OCH3 is 1. The lowest BCUT2D eigenvalue weighted by molar-refractivity contribution is 0.187. The first-order valence-electron chi connectivity index (χ1n) is 5.00. The number of hydrogen-bond donors (Lipinski definition) is 1. The van der Waals surface area contributed by atoms with E-state index in [9.17, 15) is 5.11 Å². The molecule has 1 unspecified atom stereocenters. The largest absolute Gasteiger partial charge is 0.497 e. The number of nitrogens with zero attached hydrogens (tertiary/aromatic N) is 1. The van der Waals surface area contributed by atoms with Gasteiger partial charge in [0.25, 0.3) is 0 Å². The monoisotopic (exact) mass is 221 g/mol. The van der Waals surface area contributed by atoms with E-state index >= 15 is 0 Å². The van der Waals surface area contributed by atoms with Crippen molar-refractivity contribution in [2.24, 2.45) is 0 Å². The lowest BCUT2D eigenvalue weighted by Gasteiger charge is -2.15. The van der Waals surface area contributed by atoms with Crippen LogP contribution in [0.1, 0.15) is 25.5 Å². The van der Waals surface area contributed by atoms with Gasteiger partial charge in [-0.1, -0.05) is 0 Å². The predicted octanol–water partition coefficient (Wildman–Crippen LogP) is 2.04. The first-order valence-corrected chi connectivity index (χ1v) is 5.00. The molecule has 0 saturated carbocycles. The predicted molar refractivity (Wildman–Crippen MR) is 59.3 cm³/mol. The second-order valence-corrected chi connectivity index (χ2v) is 3.47. The minimum Gasteiger partial charge on any atom is -0.497 e. The fourth-order valence-electron chi connectivity index (χ4n) is 1.31. The summed E-state index contributed by atoms with van der Waals surface area (Å²) in [6, 6.07) is 7.10. The van der Waals surface area contributed by atoms with E-state index in [1.807, 2.05) is 6.07 Å². The molecule has 16 heavy (non-hydrogen) atoms. The van der Waals surface area contributed by atoms with Crippen LogP contribution in [0.3, 0.4) is 0 Å². The Morgan fingerprint density at radius 2 is 2.06 bits per heavy atom. The molecule has 0 aliphatic carbocycles. The molecule has 0 heterocycles. The summed E-state index contributed by atoms with van der Waals surface area (Å²) in [6.07, 6.45) is -1.21. The summed E-state index contributed by atoms with van der Waals surface area (Å²) in [5.74, 6) is 1.10. The van der Waals surface area contributed by atoms with E-state index in [0.717, 1.165) is 0 Å². The fraction of sp³-hybridized carbons (Fsp3) is 0.417. The third-order valence-corrected chi connectivity index (χ3v) is 2.16. The van der Waals surface area contributed by atoms with Gasteiger partial charge >= 0.3 is 0 Å². The molecule has 2 atom stereocenters. The minimum absolute atomic E-state index is 0.475. The van der Waals surface area contributed by atoms with E-state index < -0.39 is 12.2 Å². The van der Waals surface area contributed by atoms with Gasteiger partial charge in [0.2, 0.25) is 0 Å². The van der Waals surface area contributed by atoms with Gasteiger partial charge in [-0.05, 0) is 26.0 Å². The Morgan fingerprint density at radius 3 is 2.56 bits per heavy atom. The summed E-state index contributed by atoms with van der Waals surface area (Å²) in [4.78, 5) is 0. The molecule has 1 aromatic carbocycles. The van der Waals surface area contributed by atoms with Crippen molar-refractivity contribution in [2.75, 3.05) is 7.11 Å². The van der Waals surface area contributed by atoms with Gasteiger partial charge in [0.1, 0.15) is 17.6 Å². The number of aliphatic hydroxyl groups excluding tert-OH is 1. The highest BCUT2D eigenvalue weighted by Crippen LogP contribution is 2.30. The van der Waals surface area contributed by atoms with Crippen molar-refractivity contribution < 1.29 is 14.6 Å².